The predicted octanol–water partition coefficient (Wildman–Crippen LogP) is 1.17. The Balaban J connectivity index is 2.17. The van der Waals surface area contributed by atoms with Crippen LogP contribution < -0.4 is 11.2 Å². The van der Waals surface area contributed by atoms with Gasteiger partial charge in [-0.25, -0.2) is 0 Å². The van der Waals surface area contributed by atoms with Gasteiger partial charge in [-0.05, 0) is 36.5 Å². The van der Waals surface area contributed by atoms with Crippen molar-refractivity contribution in [3.05, 3.63) is 35.0 Å². The molecule has 1 aliphatic carbocycles. The van der Waals surface area contributed by atoms with Crippen LogP contribution in [0.1, 0.15) is 40.6 Å². The summed E-state index contributed by atoms with van der Waals surface area (Å²) in [5.41, 5.74) is 3.22. The number of hydrogen-bond acceptors (Lipinski definition) is 4. The molecule has 6 nitrogen and oxygen atoms in total. The molecule has 1 atom stereocenters. The van der Waals surface area contributed by atoms with Crippen LogP contribution in [0.15, 0.2) is 23.3 Å². The van der Waals surface area contributed by atoms with Crippen LogP contribution in [0, 0.1) is 0 Å². The lowest BCUT2D eigenvalue weighted by Gasteiger charge is -2.08. The summed E-state index contributed by atoms with van der Waals surface area (Å²) in [5, 5.41) is 16.9. The Kier molecular flexibility index (Phi) is 3.15. The molecule has 20 heavy (non-hydrogen) atoms. The molecule has 1 unspecified atom stereocenters. The van der Waals surface area contributed by atoms with Gasteiger partial charge in [0.15, 0.2) is 0 Å². The number of aliphatic hydroxyl groups is 1. The van der Waals surface area contributed by atoms with Gasteiger partial charge < -0.3 is 21.2 Å². The van der Waals surface area contributed by atoms with E-state index < -0.39 is 6.10 Å². The van der Waals surface area contributed by atoms with Crippen LogP contribution in [0.25, 0.3) is 10.9 Å². The molecule has 0 radical (unpaired) electrons. The van der Waals surface area contributed by atoms with Gasteiger partial charge >= 0.3 is 0 Å². The first-order valence-electron chi connectivity index (χ1n) is 6.56. The van der Waals surface area contributed by atoms with Crippen LogP contribution in [-0.4, -0.2) is 22.3 Å². The first-order chi connectivity index (χ1) is 9.72. The largest absolute Gasteiger partial charge is 0.388 e. The van der Waals surface area contributed by atoms with Crippen LogP contribution in [0.3, 0.4) is 0 Å². The Hall–Kier alpha value is -2.34. The molecule has 5 N–H and O–H groups in total. The zero-order chi connectivity index (χ0) is 14.1. The molecule has 0 fully saturated rings. The molecule has 0 bridgehead atoms. The van der Waals surface area contributed by atoms with Gasteiger partial charge in [0, 0.05) is 10.9 Å². The van der Waals surface area contributed by atoms with Gasteiger partial charge in [0.2, 0.25) is 0 Å². The lowest BCUT2D eigenvalue weighted by Crippen LogP contribution is -2.23. The summed E-state index contributed by atoms with van der Waals surface area (Å²) in [6, 6.07) is 5.71. The zero-order valence-corrected chi connectivity index (χ0v) is 10.9. The van der Waals surface area contributed by atoms with Crippen molar-refractivity contribution in [3.8, 4) is 0 Å². The fraction of sp³-hybridized carbons (Fsp3) is 0.286. The number of carbonyl (C=O) groups is 1. The number of aryl methyl sites for hydroxylation is 1. The SMILES string of the molecule is NN=CNC(=O)c1[nH]c2cccc3c2c1CCCC3O. The molecule has 1 aromatic carbocycles. The molecule has 0 saturated carbocycles. The number of aliphatic hydroxyl groups excluding tert-OH is 1. The number of nitrogens with two attached hydrogens (primary N) is 1. The summed E-state index contributed by atoms with van der Waals surface area (Å²) in [5.74, 6) is 4.72. The smallest absolute Gasteiger partial charge is 0.273 e. The highest BCUT2D eigenvalue weighted by Crippen LogP contribution is 2.35. The number of aromatic nitrogens is 1. The van der Waals surface area contributed by atoms with E-state index in [0.717, 1.165) is 41.2 Å². The number of carbonyl (C=O) groups excluding carboxylic acids is 1. The van der Waals surface area contributed by atoms with Crippen molar-refractivity contribution in [2.24, 2.45) is 10.9 Å². The predicted molar refractivity (Wildman–Crippen MR) is 76.3 cm³/mol. The topological polar surface area (TPSA) is 103 Å². The highest BCUT2D eigenvalue weighted by molar-refractivity contribution is 6.05. The van der Waals surface area contributed by atoms with E-state index in [4.69, 9.17) is 5.84 Å². The van der Waals surface area contributed by atoms with E-state index in [1.54, 1.807) is 0 Å². The summed E-state index contributed by atoms with van der Waals surface area (Å²) in [4.78, 5) is 15.3. The summed E-state index contributed by atoms with van der Waals surface area (Å²) < 4.78 is 0. The zero-order valence-electron chi connectivity index (χ0n) is 10.9. The Morgan fingerprint density at radius 2 is 2.40 bits per heavy atom. The quantitative estimate of drug-likeness (QED) is 0.285. The maximum Gasteiger partial charge on any atom is 0.273 e. The van der Waals surface area contributed by atoms with Crippen LogP contribution >= 0.6 is 0 Å². The van der Waals surface area contributed by atoms with Crippen molar-refractivity contribution < 1.29 is 9.90 Å². The second-order valence-corrected chi connectivity index (χ2v) is 4.91. The van der Waals surface area contributed by atoms with Gasteiger partial charge in [-0.1, -0.05) is 12.1 Å². The first kappa shape index (κ1) is 12.7. The molecule has 1 aromatic heterocycles. The van der Waals surface area contributed by atoms with Crippen LogP contribution in [0.5, 0.6) is 0 Å². The molecule has 6 heteroatoms. The highest BCUT2D eigenvalue weighted by Gasteiger charge is 2.24. The summed E-state index contributed by atoms with van der Waals surface area (Å²) in [6.07, 6.45) is 2.99. The number of hydrazone groups is 1. The highest BCUT2D eigenvalue weighted by atomic mass is 16.3. The third-order valence-electron chi connectivity index (χ3n) is 3.72. The third kappa shape index (κ3) is 1.94. The average Bonchev–Trinajstić information content (AvgIpc) is 2.74. The van der Waals surface area contributed by atoms with Crippen molar-refractivity contribution in [1.29, 1.82) is 0 Å². The van der Waals surface area contributed by atoms with Gasteiger partial charge in [0.1, 0.15) is 12.0 Å². The second kappa shape index (κ2) is 4.97. The van der Waals surface area contributed by atoms with Crippen molar-refractivity contribution in [2.45, 2.75) is 25.4 Å². The number of hydrogen-bond donors (Lipinski definition) is 4. The first-order valence-corrected chi connectivity index (χ1v) is 6.56. The molecule has 0 saturated heterocycles. The molecule has 104 valence electrons. The summed E-state index contributed by atoms with van der Waals surface area (Å²) >= 11 is 0. The van der Waals surface area contributed by atoms with E-state index in [-0.39, 0.29) is 5.91 Å². The van der Waals surface area contributed by atoms with Crippen molar-refractivity contribution in [1.82, 2.24) is 10.3 Å². The molecular weight excluding hydrogens is 256 g/mol. The normalized spacial score (nSPS) is 18.4. The fourth-order valence-corrected chi connectivity index (χ4v) is 2.86. The standard InChI is InChI=1S/C14H16N4O2/c15-17-7-16-14(20)13-9-4-2-6-11(19)8-3-1-5-10(18-13)12(8)9/h1,3,5,7,11,18-19H,2,4,6,15H2,(H,16,17,20). The number of amides is 1. The molecule has 1 aliphatic rings. The number of nitrogens with zero attached hydrogens (tertiary/aromatic N) is 1. The number of H-pyrrole nitrogens is 1. The fourth-order valence-electron chi connectivity index (χ4n) is 2.86. The lowest BCUT2D eigenvalue weighted by atomic mass is 10.0. The minimum atomic E-state index is -0.475. The monoisotopic (exact) mass is 272 g/mol. The number of rotatable bonds is 2. The van der Waals surface area contributed by atoms with Crippen LogP contribution in [0.4, 0.5) is 0 Å². The molecule has 1 amide bonds. The van der Waals surface area contributed by atoms with Gasteiger partial charge in [0.05, 0.1) is 6.10 Å². The number of aromatic amines is 1. The maximum atomic E-state index is 12.1. The summed E-state index contributed by atoms with van der Waals surface area (Å²) in [7, 11) is 0. The Bertz CT molecular complexity index is 690. The molecule has 1 heterocycles. The second-order valence-electron chi connectivity index (χ2n) is 4.91. The van der Waals surface area contributed by atoms with Gasteiger partial charge in [-0.15, -0.1) is 0 Å². The van der Waals surface area contributed by atoms with Crippen LogP contribution in [0.2, 0.25) is 0 Å². The minimum absolute atomic E-state index is 0.271. The van der Waals surface area contributed by atoms with E-state index in [0.29, 0.717) is 12.1 Å². The van der Waals surface area contributed by atoms with Crippen molar-refractivity contribution in [3.63, 3.8) is 0 Å². The third-order valence-corrected chi connectivity index (χ3v) is 3.72. The van der Waals surface area contributed by atoms with E-state index in [1.165, 1.54) is 0 Å². The van der Waals surface area contributed by atoms with Crippen molar-refractivity contribution >= 4 is 23.1 Å². The van der Waals surface area contributed by atoms with Gasteiger partial charge in [-0.3, -0.25) is 4.79 Å². The van der Waals surface area contributed by atoms with Gasteiger partial charge in [-0.2, -0.15) is 5.10 Å². The van der Waals surface area contributed by atoms with Gasteiger partial charge in [0.25, 0.3) is 5.91 Å². The molecule has 2 aromatic rings. The Morgan fingerprint density at radius 1 is 1.55 bits per heavy atom. The lowest BCUT2D eigenvalue weighted by molar-refractivity contribution is 0.0973. The van der Waals surface area contributed by atoms with Crippen molar-refractivity contribution in [2.75, 3.05) is 0 Å². The number of nitrogens with one attached hydrogen (secondary N) is 2. The minimum Gasteiger partial charge on any atom is -0.388 e. The maximum absolute atomic E-state index is 12.1. The average molecular weight is 272 g/mol. The van der Waals surface area contributed by atoms with E-state index in [2.05, 4.69) is 15.4 Å². The summed E-state index contributed by atoms with van der Waals surface area (Å²) in [6.45, 7) is 0. The Morgan fingerprint density at radius 3 is 3.20 bits per heavy atom. The molecule has 3 rings (SSSR count). The molecular formula is C14H16N4O2. The molecule has 0 spiro atoms. The number of benzene rings is 1. The van der Waals surface area contributed by atoms with E-state index in [1.807, 2.05) is 18.2 Å². The van der Waals surface area contributed by atoms with E-state index >= 15 is 0 Å². The van der Waals surface area contributed by atoms with Crippen LogP contribution in [-0.2, 0) is 6.42 Å². The Labute approximate surface area is 115 Å². The van der Waals surface area contributed by atoms with E-state index in [9.17, 15) is 9.90 Å². The molecule has 0 aliphatic heterocycles.